The van der Waals surface area contributed by atoms with Gasteiger partial charge in [0.2, 0.25) is 15.9 Å². The topological polar surface area (TPSA) is 80.5 Å². The van der Waals surface area contributed by atoms with E-state index in [4.69, 9.17) is 5.73 Å². The van der Waals surface area contributed by atoms with Crippen molar-refractivity contribution in [2.45, 2.75) is 58.3 Å². The van der Waals surface area contributed by atoms with E-state index >= 15 is 0 Å². The fraction of sp³-hybridized carbons (Fsp3) is 0.588. The fourth-order valence-corrected chi connectivity index (χ4v) is 3.43. The van der Waals surface area contributed by atoms with Gasteiger partial charge in [-0.2, -0.15) is 0 Å². The van der Waals surface area contributed by atoms with Crippen molar-refractivity contribution < 1.29 is 13.2 Å². The summed E-state index contributed by atoms with van der Waals surface area (Å²) < 4.78 is 24.8. The van der Waals surface area contributed by atoms with Gasteiger partial charge in [0.1, 0.15) is 0 Å². The van der Waals surface area contributed by atoms with Gasteiger partial charge in [-0.25, -0.2) is 12.7 Å². The number of anilines is 2. The van der Waals surface area contributed by atoms with E-state index in [1.54, 1.807) is 24.3 Å². The van der Waals surface area contributed by atoms with Crippen LogP contribution in [0.3, 0.4) is 0 Å². The molecule has 1 aromatic rings. The van der Waals surface area contributed by atoms with Gasteiger partial charge >= 0.3 is 0 Å². The Kier molecular flexibility index (Phi) is 8.09. The number of hydrogen-bond donors (Lipinski definition) is 1. The van der Waals surface area contributed by atoms with Gasteiger partial charge in [0.25, 0.3) is 0 Å². The number of rotatable bonds is 10. The van der Waals surface area contributed by atoms with Gasteiger partial charge in [-0.3, -0.25) is 4.79 Å². The predicted octanol–water partition coefficient (Wildman–Crippen LogP) is 3.70. The van der Waals surface area contributed by atoms with Crippen LogP contribution in [0, 0.1) is 0 Å². The highest BCUT2D eigenvalue weighted by Gasteiger charge is 2.24. The van der Waals surface area contributed by atoms with Crippen molar-refractivity contribution in [3.8, 4) is 0 Å². The van der Waals surface area contributed by atoms with E-state index < -0.39 is 10.0 Å². The van der Waals surface area contributed by atoms with Crippen LogP contribution in [0.25, 0.3) is 0 Å². The number of nitrogens with zero attached hydrogens (tertiary/aromatic N) is 1. The standard InChI is InChI=1S/C17H28N2O3S/c1-3-4-5-6-7-8-9-10-17(20)19(23(2,21)22)16-13-11-15(18)12-14-16/h11-14H,3-10,18H2,1-2H3. The average Bonchev–Trinajstić information content (AvgIpc) is 2.47. The molecule has 0 spiro atoms. The number of benzene rings is 1. The molecule has 0 fully saturated rings. The minimum Gasteiger partial charge on any atom is -0.399 e. The molecule has 1 aromatic carbocycles. The molecule has 6 heteroatoms. The van der Waals surface area contributed by atoms with Crippen molar-refractivity contribution in [1.29, 1.82) is 0 Å². The van der Waals surface area contributed by atoms with Gasteiger partial charge in [0.15, 0.2) is 0 Å². The summed E-state index contributed by atoms with van der Waals surface area (Å²) in [5.41, 5.74) is 6.48. The first-order valence-corrected chi connectivity index (χ1v) is 10.1. The molecular weight excluding hydrogens is 312 g/mol. The number of carbonyl (C=O) groups excluding carboxylic acids is 1. The van der Waals surface area contributed by atoms with Crippen molar-refractivity contribution in [2.24, 2.45) is 0 Å². The number of unbranched alkanes of at least 4 members (excludes halogenated alkanes) is 6. The fourth-order valence-electron chi connectivity index (χ4n) is 2.47. The van der Waals surface area contributed by atoms with E-state index in [0.29, 0.717) is 17.8 Å². The van der Waals surface area contributed by atoms with Gasteiger partial charge in [-0.15, -0.1) is 0 Å². The van der Waals surface area contributed by atoms with Crippen molar-refractivity contribution >= 4 is 27.3 Å². The van der Waals surface area contributed by atoms with Gasteiger partial charge in [-0.1, -0.05) is 45.4 Å². The molecule has 0 bridgehead atoms. The minimum absolute atomic E-state index is 0.241. The highest BCUT2D eigenvalue weighted by atomic mass is 32.2. The molecule has 1 amide bonds. The molecule has 2 N–H and O–H groups in total. The third kappa shape index (κ3) is 7.03. The molecule has 0 saturated heterocycles. The Hall–Kier alpha value is -1.56. The Bertz CT molecular complexity index is 582. The summed E-state index contributed by atoms with van der Waals surface area (Å²) in [7, 11) is -3.64. The zero-order valence-corrected chi connectivity index (χ0v) is 14.9. The van der Waals surface area contributed by atoms with Crippen LogP contribution in [-0.4, -0.2) is 20.6 Å². The van der Waals surface area contributed by atoms with E-state index in [-0.39, 0.29) is 12.3 Å². The summed E-state index contributed by atoms with van der Waals surface area (Å²) in [6, 6.07) is 6.29. The van der Waals surface area contributed by atoms with Crippen LogP contribution in [0.2, 0.25) is 0 Å². The lowest BCUT2D eigenvalue weighted by Gasteiger charge is -2.20. The van der Waals surface area contributed by atoms with Crippen molar-refractivity contribution in [3.63, 3.8) is 0 Å². The van der Waals surface area contributed by atoms with Gasteiger partial charge in [0.05, 0.1) is 11.9 Å². The molecule has 0 radical (unpaired) electrons. The Morgan fingerprint density at radius 1 is 1.00 bits per heavy atom. The van der Waals surface area contributed by atoms with Crippen LogP contribution < -0.4 is 10.0 Å². The van der Waals surface area contributed by atoms with Crippen molar-refractivity contribution in [3.05, 3.63) is 24.3 Å². The van der Waals surface area contributed by atoms with Crippen LogP contribution in [0.15, 0.2) is 24.3 Å². The Balaban J connectivity index is 2.56. The maximum atomic E-state index is 12.3. The van der Waals surface area contributed by atoms with Crippen molar-refractivity contribution in [1.82, 2.24) is 0 Å². The van der Waals surface area contributed by atoms with Gasteiger partial charge in [0, 0.05) is 12.1 Å². The smallest absolute Gasteiger partial charge is 0.240 e. The Morgan fingerprint density at radius 3 is 2.04 bits per heavy atom. The molecule has 0 aliphatic heterocycles. The lowest BCUT2D eigenvalue weighted by Crippen LogP contribution is -2.36. The first kappa shape index (κ1) is 19.5. The molecule has 0 saturated carbocycles. The quantitative estimate of drug-likeness (QED) is 0.520. The molecule has 0 atom stereocenters. The van der Waals surface area contributed by atoms with Crippen molar-refractivity contribution in [2.75, 3.05) is 16.3 Å². The second-order valence-corrected chi connectivity index (χ2v) is 7.72. The molecule has 5 nitrogen and oxygen atoms in total. The lowest BCUT2D eigenvalue weighted by molar-refractivity contribution is -0.117. The van der Waals surface area contributed by atoms with Crippen LogP contribution >= 0.6 is 0 Å². The molecule has 0 unspecified atom stereocenters. The van der Waals surface area contributed by atoms with Gasteiger partial charge in [-0.05, 0) is 30.7 Å². The summed E-state index contributed by atoms with van der Waals surface area (Å²) in [6.45, 7) is 2.18. The highest BCUT2D eigenvalue weighted by Crippen LogP contribution is 2.21. The molecule has 0 heterocycles. The molecule has 0 aliphatic rings. The predicted molar refractivity (Wildman–Crippen MR) is 95.8 cm³/mol. The number of amides is 1. The zero-order chi connectivity index (χ0) is 17.3. The second kappa shape index (κ2) is 9.55. The lowest BCUT2D eigenvalue weighted by atomic mass is 10.1. The summed E-state index contributed by atoms with van der Waals surface area (Å²) >= 11 is 0. The highest BCUT2D eigenvalue weighted by molar-refractivity contribution is 7.92. The van der Waals surface area contributed by atoms with E-state index in [0.717, 1.165) is 23.4 Å². The van der Waals surface area contributed by atoms with Crippen LogP contribution in [0.4, 0.5) is 11.4 Å². The van der Waals surface area contributed by atoms with Crippen LogP contribution in [0.1, 0.15) is 58.3 Å². The third-order valence-corrected chi connectivity index (χ3v) is 4.76. The molecule has 23 heavy (non-hydrogen) atoms. The molecule has 0 aliphatic carbocycles. The average molecular weight is 340 g/mol. The summed E-state index contributed by atoms with van der Waals surface area (Å²) in [4.78, 5) is 12.3. The second-order valence-electron chi connectivity index (χ2n) is 5.88. The monoisotopic (exact) mass is 340 g/mol. The number of nitrogens with two attached hydrogens (primary N) is 1. The maximum Gasteiger partial charge on any atom is 0.240 e. The number of nitrogen functional groups attached to an aromatic ring is 1. The third-order valence-electron chi connectivity index (χ3n) is 3.68. The molecular formula is C17H28N2O3S. The first-order chi connectivity index (χ1) is 10.9. The summed E-state index contributed by atoms with van der Waals surface area (Å²) in [5, 5.41) is 0. The largest absolute Gasteiger partial charge is 0.399 e. The maximum absolute atomic E-state index is 12.3. The van der Waals surface area contributed by atoms with Gasteiger partial charge < -0.3 is 5.73 Å². The Labute approximate surface area is 139 Å². The first-order valence-electron chi connectivity index (χ1n) is 8.25. The normalized spacial score (nSPS) is 11.4. The van der Waals surface area contributed by atoms with E-state index in [9.17, 15) is 13.2 Å². The minimum atomic E-state index is -3.64. The number of carbonyl (C=O) groups is 1. The molecule has 1 rings (SSSR count). The molecule has 130 valence electrons. The number of sulfonamides is 1. The summed E-state index contributed by atoms with van der Waals surface area (Å²) in [6.07, 6.45) is 8.91. The number of hydrogen-bond acceptors (Lipinski definition) is 4. The van der Waals surface area contributed by atoms with Crippen LogP contribution in [-0.2, 0) is 14.8 Å². The van der Waals surface area contributed by atoms with E-state index in [2.05, 4.69) is 6.92 Å². The van der Waals surface area contributed by atoms with E-state index in [1.807, 2.05) is 0 Å². The SMILES string of the molecule is CCCCCCCCCC(=O)N(c1ccc(N)cc1)S(C)(=O)=O. The molecule has 0 aromatic heterocycles. The van der Waals surface area contributed by atoms with Crippen LogP contribution in [0.5, 0.6) is 0 Å². The summed E-state index contributed by atoms with van der Waals surface area (Å²) in [5.74, 6) is -0.383. The Morgan fingerprint density at radius 2 is 1.52 bits per heavy atom. The zero-order valence-electron chi connectivity index (χ0n) is 14.1. The van der Waals surface area contributed by atoms with E-state index in [1.165, 1.54) is 25.7 Å².